The van der Waals surface area contributed by atoms with Crippen molar-refractivity contribution < 1.29 is 9.18 Å². The minimum absolute atomic E-state index is 0.170. The number of nitrogens with zero attached hydrogens (tertiary/aromatic N) is 3. The van der Waals surface area contributed by atoms with Crippen LogP contribution in [0.5, 0.6) is 0 Å². The molecule has 0 bridgehead atoms. The summed E-state index contributed by atoms with van der Waals surface area (Å²) in [5, 5.41) is 7.85. The molecular formula is C22H17FN6OS. The van der Waals surface area contributed by atoms with Gasteiger partial charge in [-0.1, -0.05) is 0 Å². The van der Waals surface area contributed by atoms with Gasteiger partial charge in [-0.3, -0.25) is 4.79 Å². The Bertz CT molecular complexity index is 1430. The van der Waals surface area contributed by atoms with Gasteiger partial charge in [-0.15, -0.1) is 11.3 Å². The maximum Gasteiger partial charge on any atom is 0.259 e. The molecule has 5 rings (SSSR count). The van der Waals surface area contributed by atoms with E-state index >= 15 is 0 Å². The van der Waals surface area contributed by atoms with E-state index in [1.807, 2.05) is 37.3 Å². The molecule has 31 heavy (non-hydrogen) atoms. The number of aromatic nitrogens is 4. The van der Waals surface area contributed by atoms with Crippen molar-refractivity contribution >= 4 is 50.0 Å². The molecule has 0 aliphatic carbocycles. The smallest absolute Gasteiger partial charge is 0.259 e. The van der Waals surface area contributed by atoms with E-state index in [4.69, 9.17) is 0 Å². The summed E-state index contributed by atoms with van der Waals surface area (Å²) >= 11 is 1.59. The molecule has 7 nitrogen and oxygen atoms in total. The molecule has 9 heteroatoms. The van der Waals surface area contributed by atoms with Gasteiger partial charge in [0.15, 0.2) is 0 Å². The van der Waals surface area contributed by atoms with Crippen LogP contribution in [0.3, 0.4) is 0 Å². The normalized spacial score (nSPS) is 11.2. The third-order valence-electron chi connectivity index (χ3n) is 4.86. The van der Waals surface area contributed by atoms with Crippen molar-refractivity contribution in [3.05, 3.63) is 76.9 Å². The second kappa shape index (κ2) is 7.77. The molecule has 0 atom stereocenters. The van der Waals surface area contributed by atoms with Crippen molar-refractivity contribution in [1.82, 2.24) is 19.9 Å². The van der Waals surface area contributed by atoms with Crippen LogP contribution in [-0.4, -0.2) is 25.8 Å². The lowest BCUT2D eigenvalue weighted by Crippen LogP contribution is -2.16. The molecule has 0 spiro atoms. The molecule has 4 heterocycles. The van der Waals surface area contributed by atoms with Gasteiger partial charge >= 0.3 is 0 Å². The molecule has 1 amide bonds. The number of carbonyl (C=O) groups is 1. The van der Waals surface area contributed by atoms with E-state index < -0.39 is 5.95 Å². The highest BCUT2D eigenvalue weighted by molar-refractivity contribution is 7.18. The molecule has 0 saturated carbocycles. The number of thiazole rings is 1. The van der Waals surface area contributed by atoms with Gasteiger partial charge in [-0.2, -0.15) is 4.39 Å². The van der Waals surface area contributed by atoms with E-state index in [9.17, 15) is 9.18 Å². The van der Waals surface area contributed by atoms with Crippen LogP contribution in [0.15, 0.2) is 54.9 Å². The third-order valence-corrected chi connectivity index (χ3v) is 5.81. The molecular weight excluding hydrogens is 415 g/mol. The number of hydrogen-bond acceptors (Lipinski definition) is 6. The molecule has 0 fully saturated rings. The fourth-order valence-electron chi connectivity index (χ4n) is 3.42. The number of aromatic amines is 1. The SMILES string of the molecule is Cc1nc2cc(NC(=O)c3ccc(F)nc3NCc3ccnc4[nH]ccc34)ccc2s1. The van der Waals surface area contributed by atoms with E-state index in [1.165, 1.54) is 12.1 Å². The van der Waals surface area contributed by atoms with Gasteiger partial charge < -0.3 is 15.6 Å². The van der Waals surface area contributed by atoms with Crippen LogP contribution in [0, 0.1) is 12.9 Å². The van der Waals surface area contributed by atoms with Crippen molar-refractivity contribution in [1.29, 1.82) is 0 Å². The number of H-pyrrole nitrogens is 1. The first-order valence-corrected chi connectivity index (χ1v) is 10.4. The third kappa shape index (κ3) is 3.82. The van der Waals surface area contributed by atoms with E-state index in [0.717, 1.165) is 31.8 Å². The minimum Gasteiger partial charge on any atom is -0.365 e. The lowest BCUT2D eigenvalue weighted by atomic mass is 10.1. The molecule has 0 radical (unpaired) electrons. The van der Waals surface area contributed by atoms with E-state index in [2.05, 4.69) is 30.6 Å². The van der Waals surface area contributed by atoms with Gasteiger partial charge in [0, 0.05) is 30.0 Å². The van der Waals surface area contributed by atoms with Crippen LogP contribution in [-0.2, 0) is 6.54 Å². The van der Waals surface area contributed by atoms with Gasteiger partial charge in [0.05, 0.1) is 20.8 Å². The quantitative estimate of drug-likeness (QED) is 0.344. The van der Waals surface area contributed by atoms with E-state index in [0.29, 0.717) is 12.2 Å². The largest absolute Gasteiger partial charge is 0.365 e. The summed E-state index contributed by atoms with van der Waals surface area (Å²) in [6.45, 7) is 2.30. The zero-order valence-corrected chi connectivity index (χ0v) is 17.3. The van der Waals surface area contributed by atoms with Crippen LogP contribution in [0.2, 0.25) is 0 Å². The van der Waals surface area contributed by atoms with Crippen LogP contribution < -0.4 is 10.6 Å². The van der Waals surface area contributed by atoms with E-state index in [-0.39, 0.29) is 17.3 Å². The first-order chi connectivity index (χ1) is 15.1. The van der Waals surface area contributed by atoms with Crippen molar-refractivity contribution in [3.8, 4) is 0 Å². The summed E-state index contributed by atoms with van der Waals surface area (Å²) in [5.74, 6) is -0.883. The molecule has 0 unspecified atom stereocenters. The minimum atomic E-state index is -0.667. The molecule has 4 aromatic heterocycles. The number of fused-ring (bicyclic) bond motifs is 2. The van der Waals surface area contributed by atoms with Gasteiger partial charge in [0.25, 0.3) is 5.91 Å². The fraction of sp³-hybridized carbons (Fsp3) is 0.0909. The summed E-state index contributed by atoms with van der Waals surface area (Å²) in [4.78, 5) is 28.6. The van der Waals surface area contributed by atoms with Gasteiger partial charge in [-0.05, 0) is 55.0 Å². The predicted molar refractivity (Wildman–Crippen MR) is 120 cm³/mol. The zero-order chi connectivity index (χ0) is 21.4. The Balaban J connectivity index is 1.39. The second-order valence-corrected chi connectivity index (χ2v) is 8.20. The molecule has 0 aliphatic heterocycles. The second-order valence-electron chi connectivity index (χ2n) is 6.96. The highest BCUT2D eigenvalue weighted by Crippen LogP contribution is 2.25. The Morgan fingerprint density at radius 1 is 1.16 bits per heavy atom. The Hall–Kier alpha value is -3.85. The lowest BCUT2D eigenvalue weighted by Gasteiger charge is -2.12. The molecule has 154 valence electrons. The van der Waals surface area contributed by atoms with Crippen LogP contribution in [0.4, 0.5) is 15.9 Å². The molecule has 0 saturated heterocycles. The Labute approximate surface area is 180 Å². The first-order valence-electron chi connectivity index (χ1n) is 9.57. The number of pyridine rings is 2. The molecule has 0 aliphatic rings. The first kappa shape index (κ1) is 19.1. The number of carbonyl (C=O) groups excluding carboxylic acids is 1. The highest BCUT2D eigenvalue weighted by atomic mass is 32.1. The van der Waals surface area contributed by atoms with Crippen molar-refractivity contribution in [2.24, 2.45) is 0 Å². The summed E-state index contributed by atoms with van der Waals surface area (Å²) in [7, 11) is 0. The monoisotopic (exact) mass is 432 g/mol. The van der Waals surface area contributed by atoms with Crippen molar-refractivity contribution in [2.75, 3.05) is 10.6 Å². The van der Waals surface area contributed by atoms with Crippen LogP contribution in [0.1, 0.15) is 20.9 Å². The Morgan fingerprint density at radius 2 is 2.06 bits per heavy atom. The van der Waals surface area contributed by atoms with Crippen molar-refractivity contribution in [2.45, 2.75) is 13.5 Å². The van der Waals surface area contributed by atoms with Crippen LogP contribution >= 0.6 is 11.3 Å². The van der Waals surface area contributed by atoms with Gasteiger partial charge in [0.1, 0.15) is 11.5 Å². The number of rotatable bonds is 5. The summed E-state index contributed by atoms with van der Waals surface area (Å²) in [5.41, 5.74) is 3.39. The molecule has 3 N–H and O–H groups in total. The number of aryl methyl sites for hydroxylation is 1. The maximum atomic E-state index is 13.8. The number of anilines is 2. The average Bonchev–Trinajstić information content (AvgIpc) is 3.37. The Kier molecular flexibility index (Phi) is 4.79. The number of amides is 1. The Morgan fingerprint density at radius 3 is 2.97 bits per heavy atom. The average molecular weight is 432 g/mol. The van der Waals surface area contributed by atoms with Gasteiger partial charge in [-0.25, -0.2) is 15.0 Å². The van der Waals surface area contributed by atoms with Crippen molar-refractivity contribution in [3.63, 3.8) is 0 Å². The number of hydrogen-bond donors (Lipinski definition) is 3. The van der Waals surface area contributed by atoms with Gasteiger partial charge in [0.2, 0.25) is 5.95 Å². The summed E-state index contributed by atoms with van der Waals surface area (Å²) < 4.78 is 14.9. The molecule has 5 aromatic rings. The standard InChI is InChI=1S/C22H17FN6OS/c1-12-27-17-10-14(2-4-18(17)31-12)28-22(30)16-3-5-19(23)29-21(16)26-11-13-6-8-24-20-15(13)7-9-25-20/h2-10H,11H2,1H3,(H,24,25)(H,26,29)(H,28,30). The fourth-order valence-corrected chi connectivity index (χ4v) is 4.23. The van der Waals surface area contributed by atoms with Crippen LogP contribution in [0.25, 0.3) is 21.3 Å². The molecule has 1 aromatic carbocycles. The van der Waals surface area contributed by atoms with E-state index in [1.54, 1.807) is 23.7 Å². The lowest BCUT2D eigenvalue weighted by molar-refractivity contribution is 0.102. The predicted octanol–water partition coefficient (Wildman–Crippen LogP) is 4.88. The zero-order valence-electron chi connectivity index (χ0n) is 16.4. The maximum absolute atomic E-state index is 13.8. The number of benzene rings is 1. The summed E-state index contributed by atoms with van der Waals surface area (Å²) in [6, 6.07) is 11.9. The summed E-state index contributed by atoms with van der Waals surface area (Å²) in [6.07, 6.45) is 3.50. The topological polar surface area (TPSA) is 95.6 Å². The number of nitrogens with one attached hydrogen (secondary N) is 3. The number of halogens is 1. The highest BCUT2D eigenvalue weighted by Gasteiger charge is 2.15.